The van der Waals surface area contributed by atoms with Gasteiger partial charge in [-0.1, -0.05) is 110 Å². The zero-order chi connectivity index (χ0) is 28.4. The van der Waals surface area contributed by atoms with Gasteiger partial charge in [-0.2, -0.15) is 0 Å². The van der Waals surface area contributed by atoms with E-state index in [1.165, 1.54) is 44.3 Å². The summed E-state index contributed by atoms with van der Waals surface area (Å²) in [5.74, 6) is 0.510. The first-order chi connectivity index (χ1) is 18.7. The zero-order valence-electron chi connectivity index (χ0n) is 23.4. The van der Waals surface area contributed by atoms with Crippen molar-refractivity contribution in [2.75, 3.05) is 0 Å². The van der Waals surface area contributed by atoms with Crippen LogP contribution in [-0.4, -0.2) is 11.4 Å². The van der Waals surface area contributed by atoms with Crippen LogP contribution >= 0.6 is 28.5 Å². The van der Waals surface area contributed by atoms with Crippen LogP contribution in [-0.2, 0) is 10.9 Å². The third-order valence-corrected chi connectivity index (χ3v) is 7.00. The molecule has 4 aromatic rings. The third kappa shape index (κ3) is 8.83. The van der Waals surface area contributed by atoms with E-state index in [-0.39, 0.29) is 11.8 Å². The third-order valence-electron chi connectivity index (χ3n) is 7.00. The minimum absolute atomic E-state index is 0.255. The van der Waals surface area contributed by atoms with E-state index in [1.807, 2.05) is 0 Å². The first kappa shape index (κ1) is 31.2. The fraction of sp³-hybridized carbons (Fsp3) is 0.235. The summed E-state index contributed by atoms with van der Waals surface area (Å²) in [5, 5.41) is 0. The van der Waals surface area contributed by atoms with Gasteiger partial charge < -0.3 is 0 Å². The Morgan fingerprint density at radius 2 is 0.923 bits per heavy atom. The molecule has 0 spiro atoms. The van der Waals surface area contributed by atoms with Crippen LogP contribution in [0.5, 0.6) is 0 Å². The van der Waals surface area contributed by atoms with E-state index in [1.54, 1.807) is 0 Å². The van der Waals surface area contributed by atoms with E-state index in [2.05, 4.69) is 167 Å². The van der Waals surface area contributed by atoms with Crippen molar-refractivity contribution >= 4 is 51.2 Å². The Morgan fingerprint density at radius 3 is 1.26 bits per heavy atom. The van der Waals surface area contributed by atoms with Crippen LogP contribution in [0.2, 0.25) is 0 Å². The predicted molar refractivity (Wildman–Crippen MR) is 174 cm³/mol. The van der Waals surface area contributed by atoms with E-state index in [9.17, 15) is 0 Å². The number of hydrogen-bond donors (Lipinski definition) is 0. The van der Waals surface area contributed by atoms with Gasteiger partial charge in [0.15, 0.2) is 0 Å². The van der Waals surface area contributed by atoms with Crippen molar-refractivity contribution in [1.29, 1.82) is 0 Å². The fourth-order valence-electron chi connectivity index (χ4n) is 4.61. The van der Waals surface area contributed by atoms with Gasteiger partial charge in [0.1, 0.15) is 0 Å². The van der Waals surface area contributed by atoms with Crippen molar-refractivity contribution in [3.05, 3.63) is 130 Å². The number of aryl methyl sites for hydroxylation is 2. The number of halogens is 2. The summed E-state index contributed by atoms with van der Waals surface area (Å²) < 4.78 is 0. The van der Waals surface area contributed by atoms with E-state index in [0.29, 0.717) is 0 Å². The van der Waals surface area contributed by atoms with Gasteiger partial charge in [-0.15, -0.1) is 0 Å². The molecule has 0 fully saturated rings. The predicted octanol–water partition coefficient (Wildman–Crippen LogP) is 11.2. The molecule has 0 saturated heterocycles. The molecular formula is C34H36Br2N2Ni. The Hall–Kier alpha value is -2.33. The van der Waals surface area contributed by atoms with Crippen LogP contribution in [0.4, 0.5) is 11.4 Å². The van der Waals surface area contributed by atoms with Crippen molar-refractivity contribution in [2.45, 2.75) is 53.4 Å². The number of rotatable bonds is 7. The molecule has 0 bridgehead atoms. The average Bonchev–Trinajstić information content (AvgIpc) is 2.95. The zero-order valence-corrected chi connectivity index (χ0v) is 27.5. The molecule has 2 unspecified atom stereocenters. The topological polar surface area (TPSA) is 24.7 Å². The summed E-state index contributed by atoms with van der Waals surface area (Å²) in [4.78, 5) is 10.2. The molecule has 0 aliphatic rings. The summed E-state index contributed by atoms with van der Waals surface area (Å²) in [7, 11) is 1.25. The maximum atomic E-state index is 5.08. The van der Waals surface area contributed by atoms with Gasteiger partial charge in [0, 0.05) is 11.8 Å². The summed E-state index contributed by atoms with van der Waals surface area (Å²) >= 11 is 6.00. The van der Waals surface area contributed by atoms with Gasteiger partial charge in [-0.3, -0.25) is 9.98 Å². The Bertz CT molecular complexity index is 1310. The van der Waals surface area contributed by atoms with Gasteiger partial charge in [0.25, 0.3) is 0 Å². The first-order valence-corrected chi connectivity index (χ1v) is 17.9. The SMILES string of the molecule is CC(=Nc1ccc(C)cc1C(C)c1ccccc1)C(C)=Nc1ccc(C)cc1C(C)c1ccccc1.[Br][Ni][Br]. The first-order valence-electron chi connectivity index (χ1n) is 13.0. The summed E-state index contributed by atoms with van der Waals surface area (Å²) in [6.07, 6.45) is 0. The molecule has 2 nitrogen and oxygen atoms in total. The second-order valence-electron chi connectivity index (χ2n) is 9.83. The number of aliphatic imine (C=N–C) groups is 2. The molecule has 0 radical (unpaired) electrons. The summed E-state index contributed by atoms with van der Waals surface area (Å²) in [5.41, 5.74) is 11.4. The molecule has 0 aliphatic heterocycles. The fourth-order valence-corrected chi connectivity index (χ4v) is 4.61. The number of benzene rings is 4. The van der Waals surface area contributed by atoms with E-state index in [4.69, 9.17) is 9.98 Å². The molecule has 0 N–H and O–H groups in total. The molecule has 5 heteroatoms. The van der Waals surface area contributed by atoms with Crippen molar-refractivity contribution < 1.29 is 10.9 Å². The standard InChI is InChI=1S/C34H36N2.2BrH.Ni/c1-23-17-19-33(31(21-23)25(3)29-13-9-7-10-14-29)35-27(5)28(6)36-34-20-18-24(2)22-32(34)26(4)30-15-11-8-12-16-30;;;/h7-22,25-26H,1-6H3;2*1H;/q;;;+2/p-2. The Kier molecular flexibility index (Phi) is 12.4. The summed E-state index contributed by atoms with van der Waals surface area (Å²) in [6, 6.07) is 34.3. The van der Waals surface area contributed by atoms with Crippen molar-refractivity contribution in [1.82, 2.24) is 0 Å². The molecule has 0 saturated carbocycles. The van der Waals surface area contributed by atoms with E-state index < -0.39 is 0 Å². The van der Waals surface area contributed by atoms with Gasteiger partial charge in [-0.25, -0.2) is 0 Å². The van der Waals surface area contributed by atoms with Crippen LogP contribution in [0.1, 0.15) is 72.9 Å². The molecule has 2 atom stereocenters. The van der Waals surface area contributed by atoms with E-state index >= 15 is 0 Å². The quantitative estimate of drug-likeness (QED) is 0.136. The van der Waals surface area contributed by atoms with Gasteiger partial charge in [0.05, 0.1) is 22.8 Å². The molecule has 0 aliphatic carbocycles. The molecule has 0 aromatic heterocycles. The molecule has 4 rings (SSSR count). The van der Waals surface area contributed by atoms with E-state index in [0.717, 1.165) is 22.8 Å². The van der Waals surface area contributed by atoms with Crippen LogP contribution in [0.15, 0.2) is 107 Å². The summed E-state index contributed by atoms with van der Waals surface area (Å²) in [6.45, 7) is 12.9. The van der Waals surface area contributed by atoms with Gasteiger partial charge in [0.2, 0.25) is 0 Å². The Labute approximate surface area is 254 Å². The van der Waals surface area contributed by atoms with Crippen molar-refractivity contribution in [3.63, 3.8) is 0 Å². The van der Waals surface area contributed by atoms with Crippen molar-refractivity contribution in [3.8, 4) is 0 Å². The average molecular weight is 691 g/mol. The van der Waals surface area contributed by atoms with Crippen LogP contribution in [0.3, 0.4) is 0 Å². The van der Waals surface area contributed by atoms with Gasteiger partial charge in [-0.05, 0) is 62.1 Å². The minimum atomic E-state index is 0.255. The second kappa shape index (κ2) is 15.5. The molecular weight excluding hydrogens is 655 g/mol. The molecule has 39 heavy (non-hydrogen) atoms. The number of nitrogens with zero attached hydrogens (tertiary/aromatic N) is 2. The van der Waals surface area contributed by atoms with Crippen LogP contribution in [0.25, 0.3) is 0 Å². The van der Waals surface area contributed by atoms with Crippen LogP contribution in [0, 0.1) is 13.8 Å². The number of hydrogen-bond acceptors (Lipinski definition) is 2. The molecule has 0 heterocycles. The van der Waals surface area contributed by atoms with Crippen molar-refractivity contribution in [2.24, 2.45) is 9.98 Å². The Morgan fingerprint density at radius 1 is 0.590 bits per heavy atom. The maximum absolute atomic E-state index is 5.08. The van der Waals surface area contributed by atoms with Crippen LogP contribution < -0.4 is 0 Å². The van der Waals surface area contributed by atoms with Gasteiger partial charge >= 0.3 is 39.3 Å². The second-order valence-corrected chi connectivity index (χ2v) is 14.8. The molecule has 206 valence electrons. The monoisotopic (exact) mass is 688 g/mol. The Balaban J connectivity index is 0.00000134. The molecule has 4 aromatic carbocycles. The molecule has 0 amide bonds. The normalized spacial score (nSPS) is 13.4.